The average molecular weight is 333 g/mol. The number of ether oxygens (including phenoxy) is 2. The number of thiazole rings is 1. The molecule has 7 heteroatoms. The van der Waals surface area contributed by atoms with E-state index in [-0.39, 0.29) is 6.03 Å². The van der Waals surface area contributed by atoms with Crippen molar-refractivity contribution in [3.05, 3.63) is 33.8 Å². The number of urea groups is 1. The zero-order chi connectivity index (χ0) is 16.2. The number of aromatic nitrogens is 1. The molecule has 0 bridgehead atoms. The van der Waals surface area contributed by atoms with Crippen LogP contribution in [0.25, 0.3) is 0 Å². The third kappa shape index (κ3) is 3.73. The molecule has 0 radical (unpaired) electrons. The number of aryl methyl sites for hydroxylation is 2. The molecule has 2 aromatic rings. The van der Waals surface area contributed by atoms with Gasteiger partial charge in [-0.25, -0.2) is 9.78 Å². The minimum Gasteiger partial charge on any atom is -0.486 e. The second-order valence-corrected chi connectivity index (χ2v) is 6.41. The van der Waals surface area contributed by atoms with Crippen LogP contribution in [0.3, 0.4) is 0 Å². The Hall–Kier alpha value is -2.28. The monoisotopic (exact) mass is 333 g/mol. The summed E-state index contributed by atoms with van der Waals surface area (Å²) in [5.74, 6) is 1.36. The van der Waals surface area contributed by atoms with Crippen LogP contribution in [0.5, 0.6) is 11.5 Å². The minimum atomic E-state index is -0.255. The van der Waals surface area contributed by atoms with Crippen LogP contribution in [-0.4, -0.2) is 24.2 Å². The summed E-state index contributed by atoms with van der Waals surface area (Å²) in [4.78, 5) is 17.6. The molecule has 0 saturated carbocycles. The second-order valence-electron chi connectivity index (χ2n) is 5.12. The van der Waals surface area contributed by atoms with E-state index >= 15 is 0 Å². The van der Waals surface area contributed by atoms with Gasteiger partial charge in [0.25, 0.3) is 0 Å². The number of anilines is 1. The number of carbonyl (C=O) groups is 1. The van der Waals surface area contributed by atoms with E-state index in [9.17, 15) is 4.79 Å². The maximum atomic E-state index is 12.1. The molecule has 0 fully saturated rings. The van der Waals surface area contributed by atoms with Crippen molar-refractivity contribution in [3.63, 3.8) is 0 Å². The Morgan fingerprint density at radius 1 is 1.30 bits per heavy atom. The molecule has 6 nitrogen and oxygen atoms in total. The first-order valence-electron chi connectivity index (χ1n) is 7.55. The Labute approximate surface area is 138 Å². The van der Waals surface area contributed by atoms with Crippen molar-refractivity contribution in [3.8, 4) is 11.5 Å². The predicted molar refractivity (Wildman–Crippen MR) is 89.5 cm³/mol. The molecule has 0 aliphatic carbocycles. The smallest absolute Gasteiger partial charge is 0.319 e. The summed E-state index contributed by atoms with van der Waals surface area (Å²) in [5.41, 5.74) is 1.72. The van der Waals surface area contributed by atoms with E-state index in [0.717, 1.165) is 22.0 Å². The summed E-state index contributed by atoms with van der Waals surface area (Å²) < 4.78 is 11.0. The number of benzene rings is 1. The number of nitrogens with zero attached hydrogens (tertiary/aromatic N) is 1. The van der Waals surface area contributed by atoms with Gasteiger partial charge in [-0.1, -0.05) is 6.92 Å². The Morgan fingerprint density at radius 3 is 2.87 bits per heavy atom. The third-order valence-corrected chi connectivity index (χ3v) is 4.44. The summed E-state index contributed by atoms with van der Waals surface area (Å²) in [7, 11) is 0. The van der Waals surface area contributed by atoms with Gasteiger partial charge in [0.05, 0.1) is 17.2 Å². The van der Waals surface area contributed by atoms with Crippen molar-refractivity contribution in [1.82, 2.24) is 10.3 Å². The van der Waals surface area contributed by atoms with Gasteiger partial charge in [-0.2, -0.15) is 0 Å². The highest BCUT2D eigenvalue weighted by Gasteiger charge is 2.13. The molecule has 1 aliphatic rings. The lowest BCUT2D eigenvalue weighted by Crippen LogP contribution is -2.28. The van der Waals surface area contributed by atoms with Crippen LogP contribution in [0.1, 0.15) is 22.5 Å². The van der Waals surface area contributed by atoms with Crippen molar-refractivity contribution >= 4 is 23.1 Å². The Morgan fingerprint density at radius 2 is 2.09 bits per heavy atom. The number of rotatable bonds is 4. The van der Waals surface area contributed by atoms with Gasteiger partial charge >= 0.3 is 6.03 Å². The van der Waals surface area contributed by atoms with E-state index < -0.39 is 0 Å². The van der Waals surface area contributed by atoms with Crippen LogP contribution in [-0.2, 0) is 13.0 Å². The third-order valence-electron chi connectivity index (χ3n) is 3.43. The number of hydrogen-bond donors (Lipinski definition) is 2. The Balaban J connectivity index is 1.59. The highest BCUT2D eigenvalue weighted by Crippen LogP contribution is 2.32. The quantitative estimate of drug-likeness (QED) is 0.902. The molecule has 0 unspecified atom stereocenters. The van der Waals surface area contributed by atoms with Crippen molar-refractivity contribution in [1.29, 1.82) is 0 Å². The lowest BCUT2D eigenvalue weighted by Gasteiger charge is -2.19. The van der Waals surface area contributed by atoms with E-state index in [1.807, 2.05) is 6.92 Å². The molecule has 2 N–H and O–H groups in total. The van der Waals surface area contributed by atoms with Crippen LogP contribution in [0.2, 0.25) is 0 Å². The van der Waals surface area contributed by atoms with Crippen LogP contribution in [0.4, 0.5) is 10.5 Å². The van der Waals surface area contributed by atoms with E-state index in [1.54, 1.807) is 29.5 Å². The van der Waals surface area contributed by atoms with Crippen molar-refractivity contribution < 1.29 is 14.3 Å². The van der Waals surface area contributed by atoms with Crippen LogP contribution >= 0.6 is 11.3 Å². The van der Waals surface area contributed by atoms with Crippen LogP contribution in [0.15, 0.2) is 18.2 Å². The van der Waals surface area contributed by atoms with Crippen molar-refractivity contribution in [2.75, 3.05) is 18.5 Å². The fraction of sp³-hybridized carbons (Fsp3) is 0.375. The van der Waals surface area contributed by atoms with Gasteiger partial charge in [-0.05, 0) is 25.5 Å². The SMILES string of the molecule is CCc1nc(C)sc1CNC(=O)Nc1ccc2c(c1)OCCO2. The van der Waals surface area contributed by atoms with Crippen molar-refractivity contribution in [2.45, 2.75) is 26.8 Å². The zero-order valence-electron chi connectivity index (χ0n) is 13.1. The number of fused-ring (bicyclic) bond motifs is 1. The summed E-state index contributed by atoms with van der Waals surface area (Å²) in [6, 6.07) is 5.10. The first-order valence-corrected chi connectivity index (χ1v) is 8.37. The first-order chi connectivity index (χ1) is 11.2. The lowest BCUT2D eigenvalue weighted by molar-refractivity contribution is 0.171. The zero-order valence-corrected chi connectivity index (χ0v) is 14.0. The summed E-state index contributed by atoms with van der Waals surface area (Å²) in [6.07, 6.45) is 0.866. The largest absolute Gasteiger partial charge is 0.486 e. The Kier molecular flexibility index (Phi) is 4.66. The molecule has 1 aromatic carbocycles. The average Bonchev–Trinajstić information content (AvgIpc) is 2.93. The summed E-state index contributed by atoms with van der Waals surface area (Å²) in [6.45, 7) is 5.59. The lowest BCUT2D eigenvalue weighted by atomic mass is 10.2. The normalized spacial score (nSPS) is 12.8. The molecular weight excluding hydrogens is 314 g/mol. The molecule has 1 aromatic heterocycles. The molecule has 23 heavy (non-hydrogen) atoms. The molecule has 2 heterocycles. The summed E-state index contributed by atoms with van der Waals surface area (Å²) >= 11 is 1.62. The Bertz CT molecular complexity index is 715. The van der Waals surface area contributed by atoms with Gasteiger partial charge < -0.3 is 20.1 Å². The van der Waals surface area contributed by atoms with Crippen molar-refractivity contribution in [2.24, 2.45) is 0 Å². The van der Waals surface area contributed by atoms with Gasteiger partial charge in [-0.3, -0.25) is 0 Å². The standard InChI is InChI=1S/C16H19N3O3S/c1-3-12-15(23-10(2)18-12)9-17-16(20)19-11-4-5-13-14(8-11)22-7-6-21-13/h4-5,8H,3,6-7,9H2,1-2H3,(H2,17,19,20). The molecule has 3 rings (SSSR count). The highest BCUT2D eigenvalue weighted by atomic mass is 32.1. The molecular formula is C16H19N3O3S. The number of amides is 2. The molecule has 0 atom stereocenters. The molecule has 2 amide bonds. The van der Waals surface area contributed by atoms with Crippen LogP contribution < -0.4 is 20.1 Å². The maximum Gasteiger partial charge on any atom is 0.319 e. The molecule has 1 aliphatic heterocycles. The van der Waals surface area contributed by atoms with Gasteiger partial charge in [0.1, 0.15) is 13.2 Å². The maximum absolute atomic E-state index is 12.1. The second kappa shape index (κ2) is 6.87. The topological polar surface area (TPSA) is 72.5 Å². The number of carbonyl (C=O) groups excluding carboxylic acids is 1. The fourth-order valence-electron chi connectivity index (χ4n) is 2.38. The predicted octanol–water partition coefficient (Wildman–Crippen LogP) is 3.11. The first kappa shape index (κ1) is 15.6. The van der Waals surface area contributed by atoms with Gasteiger partial charge in [0.15, 0.2) is 11.5 Å². The summed E-state index contributed by atoms with van der Waals surface area (Å²) in [5, 5.41) is 6.69. The van der Waals surface area contributed by atoms with Crippen LogP contribution in [0, 0.1) is 6.92 Å². The van der Waals surface area contributed by atoms with Gasteiger partial charge in [-0.15, -0.1) is 11.3 Å². The van der Waals surface area contributed by atoms with E-state index in [1.165, 1.54) is 0 Å². The number of nitrogens with one attached hydrogen (secondary N) is 2. The van der Waals surface area contributed by atoms with Gasteiger partial charge in [0, 0.05) is 16.6 Å². The molecule has 122 valence electrons. The molecule has 0 saturated heterocycles. The number of hydrogen-bond acceptors (Lipinski definition) is 5. The highest BCUT2D eigenvalue weighted by molar-refractivity contribution is 7.11. The minimum absolute atomic E-state index is 0.255. The fourth-order valence-corrected chi connectivity index (χ4v) is 3.35. The van der Waals surface area contributed by atoms with E-state index in [2.05, 4.69) is 22.5 Å². The van der Waals surface area contributed by atoms with E-state index in [0.29, 0.717) is 36.9 Å². The molecule has 0 spiro atoms. The van der Waals surface area contributed by atoms with E-state index in [4.69, 9.17) is 9.47 Å². The van der Waals surface area contributed by atoms with Gasteiger partial charge in [0.2, 0.25) is 0 Å².